The second kappa shape index (κ2) is 4.23. The number of anilines is 1. The van der Waals surface area contributed by atoms with Gasteiger partial charge in [0.25, 0.3) is 0 Å². The quantitative estimate of drug-likeness (QED) is 0.901. The normalized spacial score (nSPS) is 38.6. The largest absolute Gasteiger partial charge is 0.384 e. The SMILES string of the molecule is Nc1cc(C2C3CCCCC32)nn1C1CCS(=O)(=O)C1. The van der Waals surface area contributed by atoms with Crippen LogP contribution in [0.3, 0.4) is 0 Å². The molecule has 1 saturated heterocycles. The van der Waals surface area contributed by atoms with E-state index < -0.39 is 9.84 Å². The van der Waals surface area contributed by atoms with Gasteiger partial charge in [-0.15, -0.1) is 0 Å². The summed E-state index contributed by atoms with van der Waals surface area (Å²) < 4.78 is 25.0. The smallest absolute Gasteiger partial charge is 0.152 e. The van der Waals surface area contributed by atoms with Crippen LogP contribution in [0.1, 0.15) is 49.8 Å². The van der Waals surface area contributed by atoms with Gasteiger partial charge in [0, 0.05) is 12.0 Å². The first kappa shape index (κ1) is 12.7. The van der Waals surface area contributed by atoms with Gasteiger partial charge in [-0.25, -0.2) is 13.1 Å². The molecule has 6 heteroatoms. The van der Waals surface area contributed by atoms with E-state index in [1.54, 1.807) is 4.68 Å². The molecule has 3 fully saturated rings. The average molecular weight is 295 g/mol. The summed E-state index contributed by atoms with van der Waals surface area (Å²) in [6, 6.07) is 1.92. The molecule has 20 heavy (non-hydrogen) atoms. The number of nitrogen functional groups attached to an aromatic ring is 1. The van der Waals surface area contributed by atoms with E-state index in [0.717, 1.165) is 17.5 Å². The maximum atomic E-state index is 11.6. The Morgan fingerprint density at radius 1 is 1.20 bits per heavy atom. The second-order valence-electron chi connectivity index (χ2n) is 6.63. The Morgan fingerprint density at radius 2 is 1.90 bits per heavy atom. The lowest BCUT2D eigenvalue weighted by Crippen LogP contribution is -2.14. The summed E-state index contributed by atoms with van der Waals surface area (Å²) in [6.07, 6.45) is 5.97. The number of hydrogen-bond donors (Lipinski definition) is 1. The van der Waals surface area contributed by atoms with Crippen LogP contribution in [0.2, 0.25) is 0 Å². The zero-order valence-electron chi connectivity index (χ0n) is 11.5. The zero-order chi connectivity index (χ0) is 13.9. The fraction of sp³-hybridized carbons (Fsp3) is 0.786. The first-order chi connectivity index (χ1) is 9.55. The van der Waals surface area contributed by atoms with Crippen molar-refractivity contribution >= 4 is 15.7 Å². The topological polar surface area (TPSA) is 78.0 Å². The molecule has 1 aromatic heterocycles. The number of sulfone groups is 1. The van der Waals surface area contributed by atoms with Crippen LogP contribution in [0, 0.1) is 11.8 Å². The summed E-state index contributed by atoms with van der Waals surface area (Å²) in [7, 11) is -2.89. The van der Waals surface area contributed by atoms with Gasteiger partial charge >= 0.3 is 0 Å². The van der Waals surface area contributed by atoms with Gasteiger partial charge in [-0.05, 0) is 31.1 Å². The van der Waals surface area contributed by atoms with Crippen molar-refractivity contribution in [2.24, 2.45) is 11.8 Å². The molecule has 0 aromatic carbocycles. The molecule has 5 nitrogen and oxygen atoms in total. The summed E-state index contributed by atoms with van der Waals surface area (Å²) in [5.41, 5.74) is 7.17. The maximum absolute atomic E-state index is 11.6. The number of nitrogens with zero attached hydrogens (tertiary/aromatic N) is 2. The first-order valence-electron chi connectivity index (χ1n) is 7.60. The fourth-order valence-corrected chi connectivity index (χ4v) is 5.98. The van der Waals surface area contributed by atoms with Gasteiger partial charge in [0.1, 0.15) is 5.82 Å². The average Bonchev–Trinajstić information content (AvgIpc) is 2.85. The monoisotopic (exact) mass is 295 g/mol. The summed E-state index contributed by atoms with van der Waals surface area (Å²) in [5.74, 6) is 3.28. The van der Waals surface area contributed by atoms with Gasteiger partial charge in [0.05, 0.1) is 23.2 Å². The van der Waals surface area contributed by atoms with Crippen LogP contribution in [0.25, 0.3) is 0 Å². The Balaban J connectivity index is 1.58. The number of rotatable bonds is 2. The van der Waals surface area contributed by atoms with E-state index in [0.29, 0.717) is 18.2 Å². The van der Waals surface area contributed by atoms with Crippen molar-refractivity contribution in [3.63, 3.8) is 0 Å². The highest BCUT2D eigenvalue weighted by molar-refractivity contribution is 7.91. The number of hydrogen-bond acceptors (Lipinski definition) is 4. The standard InChI is InChI=1S/C14H21N3O2S/c15-13-7-12(14-10-3-1-2-4-11(10)14)16-17(13)9-5-6-20(18,19)8-9/h7,9-11,14H,1-6,8,15H2. The van der Waals surface area contributed by atoms with Crippen molar-refractivity contribution in [3.05, 3.63) is 11.8 Å². The zero-order valence-corrected chi connectivity index (χ0v) is 12.3. The van der Waals surface area contributed by atoms with Crippen LogP contribution in [0.5, 0.6) is 0 Å². The molecule has 0 spiro atoms. The fourth-order valence-electron chi connectivity index (χ4n) is 4.28. The van der Waals surface area contributed by atoms with E-state index in [4.69, 9.17) is 5.73 Å². The van der Waals surface area contributed by atoms with Crippen LogP contribution in [0.15, 0.2) is 6.07 Å². The molecule has 0 radical (unpaired) electrons. The Hall–Kier alpha value is -1.04. The van der Waals surface area contributed by atoms with E-state index in [1.807, 2.05) is 6.07 Å². The number of aromatic nitrogens is 2. The third kappa shape index (κ3) is 1.96. The Labute approximate surface area is 119 Å². The number of nitrogens with two attached hydrogens (primary N) is 1. The van der Waals surface area contributed by atoms with Crippen molar-refractivity contribution in [2.45, 2.75) is 44.1 Å². The lowest BCUT2D eigenvalue weighted by atomic mass is 10.0. The van der Waals surface area contributed by atoms with Crippen LogP contribution in [0.4, 0.5) is 5.82 Å². The molecule has 3 atom stereocenters. The molecule has 4 rings (SSSR count). The van der Waals surface area contributed by atoms with Crippen LogP contribution in [-0.2, 0) is 9.84 Å². The Morgan fingerprint density at radius 3 is 2.50 bits per heavy atom. The Kier molecular flexibility index (Phi) is 2.68. The minimum absolute atomic E-state index is 0.0606. The molecule has 2 saturated carbocycles. The van der Waals surface area contributed by atoms with E-state index >= 15 is 0 Å². The van der Waals surface area contributed by atoms with Crippen molar-refractivity contribution < 1.29 is 8.42 Å². The molecule has 3 aliphatic rings. The summed E-state index contributed by atoms with van der Waals surface area (Å²) in [6.45, 7) is 0. The molecule has 3 unspecified atom stereocenters. The van der Waals surface area contributed by atoms with E-state index in [2.05, 4.69) is 5.10 Å². The molecule has 0 bridgehead atoms. The van der Waals surface area contributed by atoms with E-state index in [-0.39, 0.29) is 17.5 Å². The highest BCUT2D eigenvalue weighted by atomic mass is 32.2. The van der Waals surface area contributed by atoms with Crippen LogP contribution >= 0.6 is 0 Å². The van der Waals surface area contributed by atoms with Gasteiger partial charge in [-0.3, -0.25) is 0 Å². The lowest BCUT2D eigenvalue weighted by molar-refractivity contribution is 0.480. The van der Waals surface area contributed by atoms with E-state index in [9.17, 15) is 8.42 Å². The molecule has 2 N–H and O–H groups in total. The van der Waals surface area contributed by atoms with Gasteiger partial charge in [0.2, 0.25) is 0 Å². The minimum Gasteiger partial charge on any atom is -0.384 e. The summed E-state index contributed by atoms with van der Waals surface area (Å²) in [5, 5.41) is 4.67. The first-order valence-corrected chi connectivity index (χ1v) is 9.43. The third-order valence-electron chi connectivity index (χ3n) is 5.34. The summed E-state index contributed by atoms with van der Waals surface area (Å²) in [4.78, 5) is 0. The molecule has 110 valence electrons. The molecule has 1 aliphatic heterocycles. The van der Waals surface area contributed by atoms with Crippen molar-refractivity contribution in [2.75, 3.05) is 17.2 Å². The maximum Gasteiger partial charge on any atom is 0.152 e. The third-order valence-corrected chi connectivity index (χ3v) is 7.09. The highest BCUT2D eigenvalue weighted by Crippen LogP contribution is 2.61. The van der Waals surface area contributed by atoms with Crippen molar-refractivity contribution in [3.8, 4) is 0 Å². The van der Waals surface area contributed by atoms with Gasteiger partial charge in [0.15, 0.2) is 9.84 Å². The Bertz CT molecular complexity index is 625. The molecule has 2 heterocycles. The van der Waals surface area contributed by atoms with Crippen LogP contribution in [-0.4, -0.2) is 29.7 Å². The lowest BCUT2D eigenvalue weighted by Gasteiger charge is -2.09. The molecule has 2 aliphatic carbocycles. The van der Waals surface area contributed by atoms with Gasteiger partial charge in [-0.2, -0.15) is 5.10 Å². The molecule has 1 aromatic rings. The second-order valence-corrected chi connectivity index (χ2v) is 8.86. The minimum atomic E-state index is -2.89. The highest BCUT2D eigenvalue weighted by Gasteiger charge is 2.52. The predicted octanol–water partition coefficient (Wildman–Crippen LogP) is 1.73. The van der Waals surface area contributed by atoms with E-state index in [1.165, 1.54) is 25.7 Å². The van der Waals surface area contributed by atoms with Crippen molar-refractivity contribution in [1.29, 1.82) is 0 Å². The van der Waals surface area contributed by atoms with Gasteiger partial charge < -0.3 is 5.73 Å². The molecule has 0 amide bonds. The van der Waals surface area contributed by atoms with Crippen molar-refractivity contribution in [1.82, 2.24) is 9.78 Å². The predicted molar refractivity (Wildman–Crippen MR) is 77.1 cm³/mol. The van der Waals surface area contributed by atoms with Gasteiger partial charge in [-0.1, -0.05) is 12.8 Å². The molecular formula is C14H21N3O2S. The van der Waals surface area contributed by atoms with Crippen LogP contribution < -0.4 is 5.73 Å². The molecular weight excluding hydrogens is 274 g/mol. The summed E-state index contributed by atoms with van der Waals surface area (Å²) >= 11 is 0. The number of fused-ring (bicyclic) bond motifs is 1.